The standard InChI is InChI=1S/C26H24FN3O2/c1-16-9-11-21(17(2)14-16)29-26(31)30-13-5-8-23(30)25-28-22-15-18(10-12-24(22)32-25)19-6-3-4-7-20(19)27/h3-4,6-7,9-12,14-15,23H,5,8,13H2,1-2H3,(H,29,31)/t23-/m1/s1. The van der Waals surface area contributed by atoms with Gasteiger partial charge in [-0.2, -0.15) is 0 Å². The van der Waals surface area contributed by atoms with Crippen LogP contribution in [0.4, 0.5) is 14.9 Å². The summed E-state index contributed by atoms with van der Waals surface area (Å²) in [6.45, 7) is 4.65. The third-order valence-corrected chi connectivity index (χ3v) is 6.01. The number of benzene rings is 3. The zero-order chi connectivity index (χ0) is 22.2. The number of likely N-dealkylation sites (tertiary alicyclic amines) is 1. The van der Waals surface area contributed by atoms with Crippen LogP contribution in [0.25, 0.3) is 22.2 Å². The summed E-state index contributed by atoms with van der Waals surface area (Å²) in [5, 5.41) is 3.03. The molecule has 1 fully saturated rings. The number of aromatic nitrogens is 1. The van der Waals surface area contributed by atoms with Crippen molar-refractivity contribution in [1.82, 2.24) is 9.88 Å². The van der Waals surface area contributed by atoms with Crippen LogP contribution in [0.2, 0.25) is 0 Å². The van der Waals surface area contributed by atoms with E-state index in [0.717, 1.165) is 35.2 Å². The van der Waals surface area contributed by atoms with E-state index in [0.29, 0.717) is 29.1 Å². The van der Waals surface area contributed by atoms with Gasteiger partial charge in [0.2, 0.25) is 5.89 Å². The quantitative estimate of drug-likeness (QED) is 0.398. The second-order valence-corrected chi connectivity index (χ2v) is 8.31. The van der Waals surface area contributed by atoms with E-state index >= 15 is 0 Å². The molecule has 1 atom stereocenters. The number of nitrogens with one attached hydrogen (secondary N) is 1. The molecule has 1 aromatic heterocycles. The molecule has 162 valence electrons. The van der Waals surface area contributed by atoms with Gasteiger partial charge in [0.15, 0.2) is 5.58 Å². The van der Waals surface area contributed by atoms with Gasteiger partial charge in [-0.25, -0.2) is 14.2 Å². The first-order chi connectivity index (χ1) is 15.5. The van der Waals surface area contributed by atoms with Crippen molar-refractivity contribution in [2.75, 3.05) is 11.9 Å². The highest BCUT2D eigenvalue weighted by molar-refractivity contribution is 5.90. The first-order valence-electron chi connectivity index (χ1n) is 10.8. The van der Waals surface area contributed by atoms with Crippen LogP contribution in [-0.2, 0) is 0 Å². The molecule has 0 bridgehead atoms. The normalized spacial score (nSPS) is 16.0. The Kier molecular flexibility index (Phi) is 5.13. The maximum Gasteiger partial charge on any atom is 0.322 e. The van der Waals surface area contributed by atoms with Crippen LogP contribution in [-0.4, -0.2) is 22.5 Å². The lowest BCUT2D eigenvalue weighted by molar-refractivity contribution is 0.199. The van der Waals surface area contributed by atoms with E-state index in [1.54, 1.807) is 17.0 Å². The highest BCUT2D eigenvalue weighted by Gasteiger charge is 2.34. The molecule has 5 rings (SSSR count). The molecule has 0 aliphatic carbocycles. The van der Waals surface area contributed by atoms with Crippen LogP contribution in [0.1, 0.15) is 35.9 Å². The van der Waals surface area contributed by atoms with Crippen molar-refractivity contribution >= 4 is 22.8 Å². The largest absolute Gasteiger partial charge is 0.438 e. The number of carbonyl (C=O) groups is 1. The lowest BCUT2D eigenvalue weighted by atomic mass is 10.0. The first-order valence-corrected chi connectivity index (χ1v) is 10.8. The lowest BCUT2D eigenvalue weighted by Crippen LogP contribution is -2.34. The van der Waals surface area contributed by atoms with E-state index in [9.17, 15) is 9.18 Å². The summed E-state index contributed by atoms with van der Waals surface area (Å²) >= 11 is 0. The Balaban J connectivity index is 1.41. The van der Waals surface area contributed by atoms with Gasteiger partial charge in [-0.1, -0.05) is 42.0 Å². The number of hydrogen-bond donors (Lipinski definition) is 1. The first kappa shape index (κ1) is 20.2. The number of halogens is 1. The van der Waals surface area contributed by atoms with Gasteiger partial charge in [0.25, 0.3) is 0 Å². The van der Waals surface area contributed by atoms with Crippen molar-refractivity contribution in [3.8, 4) is 11.1 Å². The average molecular weight is 429 g/mol. The minimum absolute atomic E-state index is 0.159. The van der Waals surface area contributed by atoms with Gasteiger partial charge in [-0.15, -0.1) is 0 Å². The highest BCUT2D eigenvalue weighted by atomic mass is 19.1. The Bertz CT molecular complexity index is 1310. The molecular weight excluding hydrogens is 405 g/mol. The van der Waals surface area contributed by atoms with Crippen molar-refractivity contribution < 1.29 is 13.6 Å². The van der Waals surface area contributed by atoms with Crippen molar-refractivity contribution in [2.24, 2.45) is 0 Å². The molecule has 0 radical (unpaired) electrons. The predicted molar refractivity (Wildman–Crippen MR) is 123 cm³/mol. The smallest absolute Gasteiger partial charge is 0.322 e. The van der Waals surface area contributed by atoms with Crippen LogP contribution in [0, 0.1) is 19.7 Å². The molecule has 5 nitrogen and oxygen atoms in total. The summed E-state index contributed by atoms with van der Waals surface area (Å²) < 4.78 is 20.2. The van der Waals surface area contributed by atoms with E-state index in [1.165, 1.54) is 6.07 Å². The number of aryl methyl sites for hydroxylation is 2. The average Bonchev–Trinajstić information content (AvgIpc) is 3.42. The Labute approximate surface area is 185 Å². The second-order valence-electron chi connectivity index (χ2n) is 8.31. The fourth-order valence-corrected chi connectivity index (χ4v) is 4.36. The lowest BCUT2D eigenvalue weighted by Gasteiger charge is -2.23. The number of hydrogen-bond acceptors (Lipinski definition) is 3. The van der Waals surface area contributed by atoms with E-state index in [-0.39, 0.29) is 17.9 Å². The van der Waals surface area contributed by atoms with Crippen LogP contribution in [0.3, 0.4) is 0 Å². The number of amides is 2. The van der Waals surface area contributed by atoms with Gasteiger partial charge >= 0.3 is 6.03 Å². The fraction of sp³-hybridized carbons (Fsp3) is 0.231. The molecule has 0 saturated carbocycles. The van der Waals surface area contributed by atoms with E-state index in [1.807, 2.05) is 56.3 Å². The summed E-state index contributed by atoms with van der Waals surface area (Å²) in [7, 11) is 0. The topological polar surface area (TPSA) is 58.4 Å². The molecule has 2 heterocycles. The molecule has 3 aromatic carbocycles. The number of urea groups is 1. The van der Waals surface area contributed by atoms with Crippen LogP contribution < -0.4 is 5.32 Å². The van der Waals surface area contributed by atoms with Gasteiger partial charge in [-0.3, -0.25) is 0 Å². The Hall–Kier alpha value is -3.67. The summed E-state index contributed by atoms with van der Waals surface area (Å²) in [6, 6.07) is 17.7. The van der Waals surface area contributed by atoms with Crippen LogP contribution >= 0.6 is 0 Å². The Morgan fingerprint density at radius 3 is 2.78 bits per heavy atom. The molecule has 1 N–H and O–H groups in total. The molecule has 0 spiro atoms. The maximum absolute atomic E-state index is 14.2. The number of carbonyl (C=O) groups excluding carboxylic acids is 1. The SMILES string of the molecule is Cc1ccc(NC(=O)N2CCC[C@@H]2c2nc3cc(-c4ccccc4F)ccc3o2)c(C)c1. The van der Waals surface area contributed by atoms with Gasteiger partial charge in [0, 0.05) is 17.8 Å². The van der Waals surface area contributed by atoms with Gasteiger partial charge in [0.1, 0.15) is 17.4 Å². The number of anilines is 1. The zero-order valence-electron chi connectivity index (χ0n) is 18.1. The molecule has 0 unspecified atom stereocenters. The van der Waals surface area contributed by atoms with Crippen molar-refractivity contribution in [1.29, 1.82) is 0 Å². The molecule has 32 heavy (non-hydrogen) atoms. The summed E-state index contributed by atoms with van der Waals surface area (Å²) in [6.07, 6.45) is 1.66. The number of rotatable bonds is 3. The van der Waals surface area contributed by atoms with Crippen molar-refractivity contribution in [3.05, 3.63) is 83.5 Å². The van der Waals surface area contributed by atoms with Gasteiger partial charge < -0.3 is 14.6 Å². The number of fused-ring (bicyclic) bond motifs is 1. The Morgan fingerprint density at radius 1 is 1.12 bits per heavy atom. The minimum Gasteiger partial charge on any atom is -0.438 e. The van der Waals surface area contributed by atoms with Gasteiger partial charge in [0.05, 0.1) is 0 Å². The number of oxazole rings is 1. The van der Waals surface area contributed by atoms with Crippen molar-refractivity contribution in [2.45, 2.75) is 32.7 Å². The monoisotopic (exact) mass is 429 g/mol. The second kappa shape index (κ2) is 8.11. The highest BCUT2D eigenvalue weighted by Crippen LogP contribution is 2.35. The zero-order valence-corrected chi connectivity index (χ0v) is 18.1. The number of nitrogens with zero attached hydrogens (tertiary/aromatic N) is 2. The van der Waals surface area contributed by atoms with E-state index in [2.05, 4.69) is 10.3 Å². The molecule has 1 aliphatic heterocycles. The third-order valence-electron chi connectivity index (χ3n) is 6.01. The maximum atomic E-state index is 14.2. The van der Waals surface area contributed by atoms with Crippen molar-refractivity contribution in [3.63, 3.8) is 0 Å². The summed E-state index contributed by atoms with van der Waals surface area (Å²) in [5.41, 5.74) is 5.53. The van der Waals surface area contributed by atoms with Crippen LogP contribution in [0.15, 0.2) is 65.1 Å². The van der Waals surface area contributed by atoms with E-state index in [4.69, 9.17) is 4.42 Å². The predicted octanol–water partition coefficient (Wildman–Crippen LogP) is 6.62. The summed E-state index contributed by atoms with van der Waals surface area (Å²) in [5.74, 6) is 0.236. The van der Waals surface area contributed by atoms with Gasteiger partial charge in [-0.05, 0) is 62.1 Å². The molecule has 1 aliphatic rings. The fourth-order valence-electron chi connectivity index (χ4n) is 4.36. The Morgan fingerprint density at radius 2 is 1.97 bits per heavy atom. The summed E-state index contributed by atoms with van der Waals surface area (Å²) in [4.78, 5) is 19.5. The third kappa shape index (κ3) is 3.73. The molecule has 4 aromatic rings. The van der Waals surface area contributed by atoms with Crippen LogP contribution in [0.5, 0.6) is 0 Å². The van der Waals surface area contributed by atoms with E-state index < -0.39 is 0 Å². The molecular formula is C26H24FN3O2. The minimum atomic E-state index is -0.277. The molecule has 1 saturated heterocycles. The molecule has 6 heteroatoms. The molecule has 2 amide bonds.